The Hall–Kier alpha value is -2.11. The van der Waals surface area contributed by atoms with Gasteiger partial charge in [-0.3, -0.25) is 4.79 Å². The van der Waals surface area contributed by atoms with Gasteiger partial charge in [0.1, 0.15) is 11.8 Å². The van der Waals surface area contributed by atoms with Crippen molar-refractivity contribution in [1.82, 2.24) is 16.2 Å². The fourth-order valence-corrected chi connectivity index (χ4v) is 2.31. The van der Waals surface area contributed by atoms with Gasteiger partial charge in [-0.15, -0.1) is 0 Å². The molecule has 1 saturated heterocycles. The lowest BCUT2D eigenvalue weighted by Crippen LogP contribution is -2.42. The first-order valence-corrected chi connectivity index (χ1v) is 6.69. The van der Waals surface area contributed by atoms with Gasteiger partial charge >= 0.3 is 0 Å². The van der Waals surface area contributed by atoms with Crippen LogP contribution < -0.4 is 16.2 Å². The van der Waals surface area contributed by atoms with Crippen molar-refractivity contribution in [1.29, 1.82) is 0 Å². The Morgan fingerprint density at radius 1 is 1.20 bits per heavy atom. The molecule has 2 aromatic rings. The summed E-state index contributed by atoms with van der Waals surface area (Å²) in [4.78, 5) is 12.1. The average Bonchev–Trinajstić information content (AvgIpc) is 3.16. The second-order valence-corrected chi connectivity index (χ2v) is 4.85. The van der Waals surface area contributed by atoms with Crippen molar-refractivity contribution in [3.8, 4) is 0 Å². The molecule has 1 aliphatic heterocycles. The van der Waals surface area contributed by atoms with E-state index < -0.39 is 0 Å². The van der Waals surface area contributed by atoms with Gasteiger partial charge in [-0.25, -0.2) is 10.9 Å². The van der Waals surface area contributed by atoms with Gasteiger partial charge in [0.2, 0.25) is 5.91 Å². The van der Waals surface area contributed by atoms with Crippen LogP contribution in [-0.2, 0) is 11.3 Å². The van der Waals surface area contributed by atoms with E-state index >= 15 is 0 Å². The number of nitrogens with one attached hydrogen (secondary N) is 3. The molecule has 0 bridgehead atoms. The highest BCUT2D eigenvalue weighted by Gasteiger charge is 2.31. The number of hydrazine groups is 1. The summed E-state index contributed by atoms with van der Waals surface area (Å²) in [6.45, 7) is 0.545. The van der Waals surface area contributed by atoms with Crippen LogP contribution in [0.15, 0.2) is 53.1 Å². The SMILES string of the molecule is O=C(NCc1ccccc1)C1CC(c2ccco2)NN1. The number of hydrogen-bond acceptors (Lipinski definition) is 4. The molecular formula is C15H17N3O2. The highest BCUT2D eigenvalue weighted by atomic mass is 16.3. The van der Waals surface area contributed by atoms with E-state index in [1.807, 2.05) is 42.5 Å². The zero-order valence-electron chi connectivity index (χ0n) is 11.0. The molecule has 0 saturated carbocycles. The summed E-state index contributed by atoms with van der Waals surface area (Å²) in [5, 5.41) is 2.93. The third kappa shape index (κ3) is 2.89. The van der Waals surface area contributed by atoms with Gasteiger partial charge in [0, 0.05) is 6.54 Å². The van der Waals surface area contributed by atoms with Gasteiger partial charge in [-0.2, -0.15) is 0 Å². The van der Waals surface area contributed by atoms with Crippen LogP contribution in [0.1, 0.15) is 23.8 Å². The molecule has 1 aromatic carbocycles. The molecule has 0 aliphatic carbocycles. The number of carbonyl (C=O) groups is 1. The molecule has 1 fully saturated rings. The van der Waals surface area contributed by atoms with E-state index in [2.05, 4.69) is 16.2 Å². The van der Waals surface area contributed by atoms with Crippen molar-refractivity contribution in [3.05, 3.63) is 60.1 Å². The Morgan fingerprint density at radius 2 is 2.05 bits per heavy atom. The molecule has 5 nitrogen and oxygen atoms in total. The van der Waals surface area contributed by atoms with Crippen LogP contribution in [0.2, 0.25) is 0 Å². The highest BCUT2D eigenvalue weighted by Crippen LogP contribution is 2.22. The Balaban J connectivity index is 1.51. The van der Waals surface area contributed by atoms with E-state index in [1.54, 1.807) is 6.26 Å². The monoisotopic (exact) mass is 271 g/mol. The molecule has 1 aromatic heterocycles. The number of carbonyl (C=O) groups excluding carboxylic acids is 1. The molecule has 0 radical (unpaired) electrons. The van der Waals surface area contributed by atoms with Crippen LogP contribution in [0.4, 0.5) is 0 Å². The van der Waals surface area contributed by atoms with Crippen LogP contribution in [0.25, 0.3) is 0 Å². The van der Waals surface area contributed by atoms with Crippen LogP contribution in [0, 0.1) is 0 Å². The normalized spacial score (nSPS) is 21.8. The highest BCUT2D eigenvalue weighted by molar-refractivity contribution is 5.82. The molecule has 2 atom stereocenters. The zero-order valence-corrected chi connectivity index (χ0v) is 11.0. The van der Waals surface area contributed by atoms with E-state index in [0.717, 1.165) is 11.3 Å². The van der Waals surface area contributed by atoms with Gasteiger partial charge in [0.15, 0.2) is 0 Å². The minimum Gasteiger partial charge on any atom is -0.468 e. The fraction of sp³-hybridized carbons (Fsp3) is 0.267. The molecule has 3 rings (SSSR count). The van der Waals surface area contributed by atoms with Gasteiger partial charge in [0.05, 0.1) is 12.3 Å². The topological polar surface area (TPSA) is 66.3 Å². The maximum Gasteiger partial charge on any atom is 0.238 e. The smallest absolute Gasteiger partial charge is 0.238 e. The van der Waals surface area contributed by atoms with E-state index in [4.69, 9.17) is 4.42 Å². The molecule has 104 valence electrons. The van der Waals surface area contributed by atoms with E-state index in [9.17, 15) is 4.79 Å². The van der Waals surface area contributed by atoms with Crippen LogP contribution in [0.5, 0.6) is 0 Å². The molecule has 1 aliphatic rings. The summed E-state index contributed by atoms with van der Waals surface area (Å²) in [6.07, 6.45) is 2.31. The summed E-state index contributed by atoms with van der Waals surface area (Å²) in [5.74, 6) is 0.839. The zero-order chi connectivity index (χ0) is 13.8. The number of rotatable bonds is 4. The fourth-order valence-electron chi connectivity index (χ4n) is 2.31. The Bertz CT molecular complexity index is 554. The van der Waals surface area contributed by atoms with Crippen LogP contribution >= 0.6 is 0 Å². The summed E-state index contributed by atoms with van der Waals surface area (Å²) >= 11 is 0. The Morgan fingerprint density at radius 3 is 2.80 bits per heavy atom. The molecular weight excluding hydrogens is 254 g/mol. The van der Waals surface area contributed by atoms with Crippen molar-refractivity contribution in [2.24, 2.45) is 0 Å². The lowest BCUT2D eigenvalue weighted by Gasteiger charge is -2.10. The van der Waals surface area contributed by atoms with Gasteiger partial charge < -0.3 is 9.73 Å². The number of amides is 1. The number of hydrogen-bond donors (Lipinski definition) is 3. The largest absolute Gasteiger partial charge is 0.468 e. The summed E-state index contributed by atoms with van der Waals surface area (Å²) in [7, 11) is 0. The lowest BCUT2D eigenvalue weighted by molar-refractivity contribution is -0.123. The first-order chi connectivity index (χ1) is 9.83. The van der Waals surface area contributed by atoms with E-state index in [-0.39, 0.29) is 18.0 Å². The third-order valence-corrected chi connectivity index (χ3v) is 3.42. The second-order valence-electron chi connectivity index (χ2n) is 4.85. The summed E-state index contributed by atoms with van der Waals surface area (Å²) in [6, 6.07) is 13.4. The minimum atomic E-state index is -0.242. The van der Waals surface area contributed by atoms with Gasteiger partial charge in [-0.05, 0) is 24.1 Å². The van der Waals surface area contributed by atoms with Crippen LogP contribution in [-0.4, -0.2) is 11.9 Å². The van der Waals surface area contributed by atoms with Crippen molar-refractivity contribution in [3.63, 3.8) is 0 Å². The van der Waals surface area contributed by atoms with Crippen molar-refractivity contribution in [2.45, 2.75) is 25.0 Å². The Labute approximate surface area is 117 Å². The van der Waals surface area contributed by atoms with Gasteiger partial charge in [0.25, 0.3) is 0 Å². The lowest BCUT2D eigenvalue weighted by atomic mass is 10.1. The summed E-state index contributed by atoms with van der Waals surface area (Å²) < 4.78 is 5.34. The quantitative estimate of drug-likeness (QED) is 0.788. The molecule has 1 amide bonds. The van der Waals surface area contributed by atoms with Crippen molar-refractivity contribution in [2.75, 3.05) is 0 Å². The molecule has 20 heavy (non-hydrogen) atoms. The number of benzene rings is 1. The van der Waals surface area contributed by atoms with Crippen LogP contribution in [0.3, 0.4) is 0 Å². The van der Waals surface area contributed by atoms with E-state index in [1.165, 1.54) is 0 Å². The van der Waals surface area contributed by atoms with Crippen molar-refractivity contribution >= 4 is 5.91 Å². The minimum absolute atomic E-state index is 0.00425. The molecule has 3 N–H and O–H groups in total. The predicted octanol–water partition coefficient (Wildman–Crippen LogP) is 1.50. The standard InChI is InChI=1S/C15H17N3O2/c19-15(16-10-11-5-2-1-3-6-11)13-9-12(17-18-13)14-7-4-8-20-14/h1-8,12-13,17-18H,9-10H2,(H,16,19). The predicted molar refractivity (Wildman–Crippen MR) is 74.4 cm³/mol. The second kappa shape index (κ2) is 5.90. The molecule has 5 heteroatoms. The first-order valence-electron chi connectivity index (χ1n) is 6.69. The number of furan rings is 1. The molecule has 0 spiro atoms. The third-order valence-electron chi connectivity index (χ3n) is 3.42. The molecule has 2 heterocycles. The van der Waals surface area contributed by atoms with Gasteiger partial charge in [-0.1, -0.05) is 30.3 Å². The average molecular weight is 271 g/mol. The van der Waals surface area contributed by atoms with E-state index in [0.29, 0.717) is 13.0 Å². The maximum atomic E-state index is 12.1. The Kier molecular flexibility index (Phi) is 3.80. The van der Waals surface area contributed by atoms with Crippen molar-refractivity contribution < 1.29 is 9.21 Å². The summed E-state index contributed by atoms with van der Waals surface area (Å²) in [5.41, 5.74) is 7.18. The molecule has 2 unspecified atom stereocenters. The maximum absolute atomic E-state index is 12.1. The first kappa shape index (κ1) is 12.9.